The van der Waals surface area contributed by atoms with Crippen molar-refractivity contribution in [2.45, 2.75) is 5.88 Å². The van der Waals surface area contributed by atoms with Crippen LogP contribution in [-0.2, 0) is 5.88 Å². The second-order valence-corrected chi connectivity index (χ2v) is 3.58. The molecule has 1 aromatic heterocycles. The van der Waals surface area contributed by atoms with Crippen molar-refractivity contribution in [3.8, 4) is 11.6 Å². The van der Waals surface area contributed by atoms with Crippen molar-refractivity contribution in [3.05, 3.63) is 53.7 Å². The normalized spacial score (nSPS) is 10.3. The standard InChI is InChI=1S/C12H8ClF2NO/c13-7-8-2-1-3-16-12(8)17-11-5-9(14)4-10(15)6-11/h1-6H,7H2. The molecule has 0 spiro atoms. The summed E-state index contributed by atoms with van der Waals surface area (Å²) in [5.41, 5.74) is 0.652. The zero-order valence-corrected chi connectivity index (χ0v) is 9.42. The molecule has 0 unspecified atom stereocenters. The minimum absolute atomic E-state index is 0.0487. The van der Waals surface area contributed by atoms with Crippen molar-refractivity contribution in [2.75, 3.05) is 0 Å². The summed E-state index contributed by atoms with van der Waals surface area (Å²) in [6, 6.07) is 6.36. The summed E-state index contributed by atoms with van der Waals surface area (Å²) in [6.45, 7) is 0. The third-order valence-corrected chi connectivity index (χ3v) is 2.33. The highest BCUT2D eigenvalue weighted by Gasteiger charge is 2.07. The SMILES string of the molecule is Fc1cc(F)cc(Oc2ncccc2CCl)c1. The van der Waals surface area contributed by atoms with Crippen molar-refractivity contribution >= 4 is 11.6 Å². The first-order valence-corrected chi connectivity index (χ1v) is 5.36. The lowest BCUT2D eigenvalue weighted by atomic mass is 10.3. The zero-order valence-electron chi connectivity index (χ0n) is 8.66. The Labute approximate surface area is 102 Å². The van der Waals surface area contributed by atoms with Crippen LogP contribution in [0.3, 0.4) is 0 Å². The van der Waals surface area contributed by atoms with Gasteiger partial charge in [-0.3, -0.25) is 0 Å². The van der Waals surface area contributed by atoms with E-state index in [0.717, 1.165) is 18.2 Å². The second-order valence-electron chi connectivity index (χ2n) is 3.31. The van der Waals surface area contributed by atoms with Crippen LogP contribution in [0.25, 0.3) is 0 Å². The molecule has 0 aliphatic rings. The van der Waals surface area contributed by atoms with Gasteiger partial charge < -0.3 is 4.74 Å². The molecule has 2 aromatic rings. The van der Waals surface area contributed by atoms with Crippen molar-refractivity contribution in [2.24, 2.45) is 0 Å². The number of hydrogen-bond donors (Lipinski definition) is 0. The first-order chi connectivity index (χ1) is 8.19. The molecule has 2 rings (SSSR count). The smallest absolute Gasteiger partial charge is 0.223 e. The van der Waals surface area contributed by atoms with Crippen LogP contribution >= 0.6 is 11.6 Å². The highest BCUT2D eigenvalue weighted by molar-refractivity contribution is 6.17. The van der Waals surface area contributed by atoms with Gasteiger partial charge in [-0.2, -0.15) is 0 Å². The monoisotopic (exact) mass is 255 g/mol. The molecule has 0 fully saturated rings. The summed E-state index contributed by atoms with van der Waals surface area (Å²) in [6.07, 6.45) is 1.51. The lowest BCUT2D eigenvalue weighted by Gasteiger charge is -2.07. The minimum atomic E-state index is -0.705. The first-order valence-electron chi connectivity index (χ1n) is 4.83. The van der Waals surface area contributed by atoms with Crippen molar-refractivity contribution in [3.63, 3.8) is 0 Å². The van der Waals surface area contributed by atoms with E-state index in [9.17, 15) is 8.78 Å². The van der Waals surface area contributed by atoms with E-state index >= 15 is 0 Å². The maximum Gasteiger partial charge on any atom is 0.223 e. The van der Waals surface area contributed by atoms with Crippen LogP contribution in [0.1, 0.15) is 5.56 Å². The molecule has 88 valence electrons. The Morgan fingerprint density at radius 3 is 2.53 bits per heavy atom. The quantitative estimate of drug-likeness (QED) is 0.776. The maximum atomic E-state index is 12.9. The molecule has 0 bridgehead atoms. The molecule has 2 nitrogen and oxygen atoms in total. The second kappa shape index (κ2) is 5.10. The lowest BCUT2D eigenvalue weighted by molar-refractivity contribution is 0.447. The molecule has 1 heterocycles. The van der Waals surface area contributed by atoms with Crippen LogP contribution in [0, 0.1) is 11.6 Å². The Morgan fingerprint density at radius 2 is 1.88 bits per heavy atom. The fourth-order valence-electron chi connectivity index (χ4n) is 1.32. The molecular weight excluding hydrogens is 248 g/mol. The predicted molar refractivity (Wildman–Crippen MR) is 60.2 cm³/mol. The molecule has 17 heavy (non-hydrogen) atoms. The molecule has 0 radical (unpaired) electrons. The van der Waals surface area contributed by atoms with Gasteiger partial charge in [0.05, 0.1) is 5.88 Å². The van der Waals surface area contributed by atoms with Gasteiger partial charge in [0.2, 0.25) is 5.88 Å². The Balaban J connectivity index is 2.31. The fraction of sp³-hybridized carbons (Fsp3) is 0.0833. The molecule has 5 heteroatoms. The lowest BCUT2D eigenvalue weighted by Crippen LogP contribution is -1.93. The van der Waals surface area contributed by atoms with Gasteiger partial charge in [-0.25, -0.2) is 13.8 Å². The Kier molecular flexibility index (Phi) is 3.54. The van der Waals surface area contributed by atoms with Crippen LogP contribution < -0.4 is 4.74 Å². The topological polar surface area (TPSA) is 22.1 Å². The largest absolute Gasteiger partial charge is 0.438 e. The number of halogens is 3. The average molecular weight is 256 g/mol. The van der Waals surface area contributed by atoms with Crippen LogP contribution in [0.4, 0.5) is 8.78 Å². The molecule has 0 aliphatic carbocycles. The molecule has 0 amide bonds. The van der Waals surface area contributed by atoms with E-state index in [0.29, 0.717) is 5.56 Å². The summed E-state index contributed by atoms with van der Waals surface area (Å²) < 4.78 is 31.2. The third-order valence-electron chi connectivity index (χ3n) is 2.04. The molecule has 0 saturated heterocycles. The molecule has 1 aromatic carbocycles. The Hall–Kier alpha value is -1.68. The van der Waals surface area contributed by atoms with E-state index in [-0.39, 0.29) is 17.5 Å². The predicted octanol–water partition coefficient (Wildman–Crippen LogP) is 3.89. The van der Waals surface area contributed by atoms with E-state index in [1.807, 2.05) is 0 Å². The highest BCUT2D eigenvalue weighted by Crippen LogP contribution is 2.25. The van der Waals surface area contributed by atoms with Crippen LogP contribution in [-0.4, -0.2) is 4.98 Å². The Bertz CT molecular complexity index is 513. The number of nitrogens with zero attached hydrogens (tertiary/aromatic N) is 1. The van der Waals surface area contributed by atoms with Crippen LogP contribution in [0.15, 0.2) is 36.5 Å². The summed E-state index contributed by atoms with van der Waals surface area (Å²) in [7, 11) is 0. The summed E-state index contributed by atoms with van der Waals surface area (Å²) in [5.74, 6) is -0.909. The zero-order chi connectivity index (χ0) is 12.3. The summed E-state index contributed by atoms with van der Waals surface area (Å²) in [5, 5.41) is 0. The van der Waals surface area contributed by atoms with Gasteiger partial charge in [0.1, 0.15) is 17.4 Å². The van der Waals surface area contributed by atoms with E-state index in [1.165, 1.54) is 6.20 Å². The van der Waals surface area contributed by atoms with Crippen molar-refractivity contribution < 1.29 is 13.5 Å². The first kappa shape index (κ1) is 11.8. The van der Waals surface area contributed by atoms with Gasteiger partial charge in [-0.05, 0) is 6.07 Å². The summed E-state index contributed by atoms with van der Waals surface area (Å²) >= 11 is 5.69. The molecule has 0 saturated carbocycles. The van der Waals surface area contributed by atoms with Crippen LogP contribution in [0.2, 0.25) is 0 Å². The summed E-state index contributed by atoms with van der Waals surface area (Å²) in [4.78, 5) is 3.95. The number of benzene rings is 1. The number of rotatable bonds is 3. The number of hydrogen-bond acceptors (Lipinski definition) is 2. The van der Waals surface area contributed by atoms with Crippen LogP contribution in [0.5, 0.6) is 11.6 Å². The minimum Gasteiger partial charge on any atom is -0.438 e. The van der Waals surface area contributed by atoms with E-state index < -0.39 is 11.6 Å². The fourth-order valence-corrected chi connectivity index (χ4v) is 1.52. The molecule has 0 atom stereocenters. The maximum absolute atomic E-state index is 12.9. The van der Waals surface area contributed by atoms with Gasteiger partial charge in [-0.1, -0.05) is 6.07 Å². The number of aromatic nitrogens is 1. The highest BCUT2D eigenvalue weighted by atomic mass is 35.5. The molecule has 0 aliphatic heterocycles. The van der Waals surface area contributed by atoms with Crippen molar-refractivity contribution in [1.82, 2.24) is 4.98 Å². The van der Waals surface area contributed by atoms with E-state index in [4.69, 9.17) is 16.3 Å². The number of alkyl halides is 1. The van der Waals surface area contributed by atoms with Crippen molar-refractivity contribution in [1.29, 1.82) is 0 Å². The van der Waals surface area contributed by atoms with Gasteiger partial charge >= 0.3 is 0 Å². The number of pyridine rings is 1. The third kappa shape index (κ3) is 2.91. The van der Waals surface area contributed by atoms with E-state index in [2.05, 4.69) is 4.98 Å². The number of ether oxygens (including phenoxy) is 1. The van der Waals surface area contributed by atoms with Gasteiger partial charge in [-0.15, -0.1) is 11.6 Å². The Morgan fingerprint density at radius 1 is 1.18 bits per heavy atom. The van der Waals surface area contributed by atoms with Gasteiger partial charge in [0, 0.05) is 30.0 Å². The molecular formula is C12H8ClF2NO. The molecule has 0 N–H and O–H groups in total. The van der Waals surface area contributed by atoms with E-state index in [1.54, 1.807) is 12.1 Å². The van der Waals surface area contributed by atoms with Gasteiger partial charge in [0.25, 0.3) is 0 Å². The van der Waals surface area contributed by atoms with Gasteiger partial charge in [0.15, 0.2) is 0 Å². The average Bonchev–Trinajstić information content (AvgIpc) is 2.28.